The number of aromatic nitrogens is 2. The lowest BCUT2D eigenvalue weighted by atomic mass is 9.88. The summed E-state index contributed by atoms with van der Waals surface area (Å²) in [5, 5.41) is 13.9. The smallest absolute Gasteiger partial charge is 0.341 e. The average Bonchev–Trinajstić information content (AvgIpc) is 2.78. The molecule has 1 aliphatic carbocycles. The number of aliphatic carboxylic acids is 1. The van der Waals surface area contributed by atoms with Gasteiger partial charge in [-0.2, -0.15) is 9.78 Å². The predicted molar refractivity (Wildman–Crippen MR) is 122 cm³/mol. The summed E-state index contributed by atoms with van der Waals surface area (Å²) in [4.78, 5) is 29.0. The minimum atomic E-state index is -1.06. The van der Waals surface area contributed by atoms with Gasteiger partial charge in [-0.3, -0.25) is 4.79 Å². The van der Waals surface area contributed by atoms with E-state index >= 15 is 0 Å². The van der Waals surface area contributed by atoms with Gasteiger partial charge in [0.15, 0.2) is 6.61 Å². The van der Waals surface area contributed by atoms with E-state index in [0.29, 0.717) is 28.0 Å². The van der Waals surface area contributed by atoms with Gasteiger partial charge in [-0.25, -0.2) is 9.78 Å². The third-order valence-corrected chi connectivity index (χ3v) is 5.88. The molecule has 0 atom stereocenters. The highest BCUT2D eigenvalue weighted by molar-refractivity contribution is 9.10. The van der Waals surface area contributed by atoms with Crippen molar-refractivity contribution in [2.45, 2.75) is 38.0 Å². The number of hydrogen-bond acceptors (Lipinski definition) is 5. The number of carboxylic acids is 1. The Hall–Kier alpha value is -3.00. The Kier molecular flexibility index (Phi) is 6.46. The van der Waals surface area contributed by atoms with Crippen LogP contribution < -0.4 is 10.3 Å². The maximum atomic E-state index is 13.3. The van der Waals surface area contributed by atoms with Gasteiger partial charge in [0.1, 0.15) is 11.6 Å². The van der Waals surface area contributed by atoms with Crippen LogP contribution in [-0.2, 0) is 4.79 Å². The van der Waals surface area contributed by atoms with E-state index in [9.17, 15) is 9.59 Å². The number of fused-ring (bicyclic) bond motifs is 1. The second-order valence-corrected chi connectivity index (χ2v) is 8.46. The molecule has 7 nitrogen and oxygen atoms in total. The number of benzene rings is 2. The van der Waals surface area contributed by atoms with Gasteiger partial charge < -0.3 is 9.84 Å². The first-order valence-corrected chi connectivity index (χ1v) is 11.0. The number of para-hydroxylation sites is 1. The van der Waals surface area contributed by atoms with Crippen LogP contribution in [0.2, 0.25) is 0 Å². The zero-order chi connectivity index (χ0) is 21.8. The monoisotopic (exact) mass is 483 g/mol. The summed E-state index contributed by atoms with van der Waals surface area (Å²) in [6, 6.07) is 12.5. The molecule has 0 saturated heterocycles. The molecule has 1 N–H and O–H groups in total. The van der Waals surface area contributed by atoms with Crippen molar-refractivity contribution in [2.75, 3.05) is 6.61 Å². The molecule has 1 saturated carbocycles. The number of carbonyl (C=O) groups is 1. The van der Waals surface area contributed by atoms with E-state index in [1.165, 1.54) is 17.3 Å². The van der Waals surface area contributed by atoms with Gasteiger partial charge in [-0.15, -0.1) is 0 Å². The van der Waals surface area contributed by atoms with Crippen molar-refractivity contribution in [1.29, 1.82) is 0 Å². The zero-order valence-corrected chi connectivity index (χ0v) is 18.4. The van der Waals surface area contributed by atoms with E-state index in [-0.39, 0.29) is 11.5 Å². The zero-order valence-electron chi connectivity index (χ0n) is 16.8. The highest BCUT2D eigenvalue weighted by atomic mass is 79.9. The number of rotatable bonds is 6. The summed E-state index contributed by atoms with van der Waals surface area (Å²) in [5.41, 5.74) is 1.01. The Labute approximate surface area is 187 Å². The molecule has 0 radical (unpaired) electrons. The van der Waals surface area contributed by atoms with Crippen LogP contribution in [-0.4, -0.2) is 33.6 Å². The molecule has 8 heteroatoms. The minimum Gasteiger partial charge on any atom is -0.481 e. The second kappa shape index (κ2) is 9.43. The second-order valence-electron chi connectivity index (χ2n) is 7.55. The molecule has 0 aliphatic heterocycles. The number of ether oxygens (including phenoxy) is 1. The van der Waals surface area contributed by atoms with Crippen LogP contribution >= 0.6 is 15.9 Å². The summed E-state index contributed by atoms with van der Waals surface area (Å²) in [6.07, 6.45) is 6.88. The van der Waals surface area contributed by atoms with Gasteiger partial charge in [0.25, 0.3) is 5.56 Å². The molecule has 3 aromatic rings. The van der Waals surface area contributed by atoms with Crippen LogP contribution in [0.4, 0.5) is 0 Å². The first-order valence-electron chi connectivity index (χ1n) is 10.2. The lowest BCUT2D eigenvalue weighted by Gasteiger charge is -2.22. The van der Waals surface area contributed by atoms with Crippen molar-refractivity contribution in [1.82, 2.24) is 9.66 Å². The lowest BCUT2D eigenvalue weighted by Crippen LogP contribution is -2.25. The third kappa shape index (κ3) is 4.85. The standard InChI is InChI=1S/C23H22BrN3O4/c24-17-10-11-19-18(12-17)23(30)27(22(26-19)15-6-2-1-3-7-15)25-13-16-8-4-5-9-20(16)31-14-21(28)29/h4-5,8-13,15H,1-3,6-7,14H2,(H,28,29). The molecule has 1 aliphatic rings. The fourth-order valence-electron chi connectivity index (χ4n) is 3.88. The van der Waals surface area contributed by atoms with E-state index < -0.39 is 12.6 Å². The van der Waals surface area contributed by atoms with E-state index in [1.54, 1.807) is 30.3 Å². The van der Waals surface area contributed by atoms with Gasteiger partial charge in [0.2, 0.25) is 0 Å². The Morgan fingerprint density at radius 3 is 2.77 bits per heavy atom. The highest BCUT2D eigenvalue weighted by Gasteiger charge is 2.22. The normalized spacial score (nSPS) is 14.9. The first kappa shape index (κ1) is 21.2. The van der Waals surface area contributed by atoms with Crippen molar-refractivity contribution in [3.05, 3.63) is 68.7 Å². The molecule has 0 bridgehead atoms. The molecule has 0 unspecified atom stereocenters. The van der Waals surface area contributed by atoms with E-state index in [1.807, 2.05) is 12.1 Å². The molecule has 2 aromatic carbocycles. The molecule has 4 rings (SSSR count). The molecular weight excluding hydrogens is 462 g/mol. The molecule has 1 fully saturated rings. The van der Waals surface area contributed by atoms with Gasteiger partial charge in [-0.1, -0.05) is 47.3 Å². The van der Waals surface area contributed by atoms with Crippen molar-refractivity contribution < 1.29 is 14.6 Å². The van der Waals surface area contributed by atoms with Crippen LogP contribution in [0.3, 0.4) is 0 Å². The molecule has 0 spiro atoms. The van der Waals surface area contributed by atoms with Gasteiger partial charge >= 0.3 is 5.97 Å². The number of hydrogen-bond donors (Lipinski definition) is 1. The molecule has 160 valence electrons. The molecule has 1 aromatic heterocycles. The Morgan fingerprint density at radius 1 is 1.23 bits per heavy atom. The van der Waals surface area contributed by atoms with Crippen molar-refractivity contribution in [2.24, 2.45) is 5.10 Å². The average molecular weight is 484 g/mol. The minimum absolute atomic E-state index is 0.171. The Morgan fingerprint density at radius 2 is 2.00 bits per heavy atom. The molecule has 0 amide bonds. The summed E-state index contributed by atoms with van der Waals surface area (Å²) in [7, 11) is 0. The topological polar surface area (TPSA) is 93.8 Å². The van der Waals surface area contributed by atoms with Crippen molar-refractivity contribution in [3.63, 3.8) is 0 Å². The summed E-state index contributed by atoms with van der Waals surface area (Å²) < 4.78 is 7.54. The number of carboxylic acid groups (broad SMARTS) is 1. The van der Waals surface area contributed by atoms with E-state index in [2.05, 4.69) is 21.0 Å². The van der Waals surface area contributed by atoms with Crippen LogP contribution in [0.5, 0.6) is 5.75 Å². The SMILES string of the molecule is O=C(O)COc1ccccc1C=Nn1c(C2CCCCC2)nc2ccc(Br)cc2c1=O. The maximum Gasteiger partial charge on any atom is 0.341 e. The lowest BCUT2D eigenvalue weighted by molar-refractivity contribution is -0.139. The van der Waals surface area contributed by atoms with Crippen LogP contribution in [0.15, 0.2) is 56.8 Å². The van der Waals surface area contributed by atoms with E-state index in [0.717, 1.165) is 30.2 Å². The van der Waals surface area contributed by atoms with Crippen molar-refractivity contribution >= 4 is 39.0 Å². The molecule has 31 heavy (non-hydrogen) atoms. The largest absolute Gasteiger partial charge is 0.481 e. The Balaban J connectivity index is 1.80. The first-order chi connectivity index (χ1) is 15.0. The number of nitrogens with zero attached hydrogens (tertiary/aromatic N) is 3. The van der Waals surface area contributed by atoms with Crippen LogP contribution in [0, 0.1) is 0 Å². The fraction of sp³-hybridized carbons (Fsp3) is 0.304. The number of halogens is 1. The predicted octanol–water partition coefficient (Wildman–Crippen LogP) is 4.55. The third-order valence-electron chi connectivity index (χ3n) is 5.39. The van der Waals surface area contributed by atoms with Gasteiger partial charge in [0.05, 0.1) is 17.1 Å². The fourth-order valence-corrected chi connectivity index (χ4v) is 4.24. The van der Waals surface area contributed by atoms with Gasteiger partial charge in [-0.05, 0) is 43.2 Å². The highest BCUT2D eigenvalue weighted by Crippen LogP contribution is 2.32. The summed E-state index contributed by atoms with van der Waals surface area (Å²) in [5.74, 6) is 0.161. The van der Waals surface area contributed by atoms with Crippen LogP contribution in [0.1, 0.15) is 49.4 Å². The Bertz CT molecular complexity index is 1200. The summed E-state index contributed by atoms with van der Waals surface area (Å²) in [6.45, 7) is -0.455. The quantitative estimate of drug-likeness (QED) is 0.518. The van der Waals surface area contributed by atoms with Crippen molar-refractivity contribution in [3.8, 4) is 5.75 Å². The molecule has 1 heterocycles. The maximum absolute atomic E-state index is 13.3. The summed E-state index contributed by atoms with van der Waals surface area (Å²) >= 11 is 3.42. The van der Waals surface area contributed by atoms with Gasteiger partial charge in [0, 0.05) is 16.0 Å². The molecular formula is C23H22BrN3O4. The van der Waals surface area contributed by atoms with E-state index in [4.69, 9.17) is 14.8 Å². The van der Waals surface area contributed by atoms with Crippen LogP contribution in [0.25, 0.3) is 10.9 Å².